The molecule has 0 fully saturated rings. The third-order valence-electron chi connectivity index (χ3n) is 2.23. The highest BCUT2D eigenvalue weighted by Crippen LogP contribution is 2.20. The van der Waals surface area contributed by atoms with Gasteiger partial charge in [0.15, 0.2) is 0 Å². The fourth-order valence-electron chi connectivity index (χ4n) is 1.42. The first kappa shape index (κ1) is 15.0. The van der Waals surface area contributed by atoms with Gasteiger partial charge in [0.1, 0.15) is 0 Å². The first-order valence-electron chi connectivity index (χ1n) is 5.85. The Bertz CT molecular complexity index is 407. The van der Waals surface area contributed by atoms with Crippen LogP contribution in [0.25, 0.3) is 0 Å². The molecule has 0 radical (unpaired) electrons. The average molecular weight is 316 g/mol. The Kier molecular flexibility index (Phi) is 6.15. The molecule has 18 heavy (non-hydrogen) atoms. The van der Waals surface area contributed by atoms with Gasteiger partial charge in [-0.05, 0) is 24.1 Å². The molecule has 1 aromatic rings. The van der Waals surface area contributed by atoms with E-state index in [1.54, 1.807) is 12.1 Å². The van der Waals surface area contributed by atoms with Crippen LogP contribution < -0.4 is 5.32 Å². The highest BCUT2D eigenvalue weighted by molar-refractivity contribution is 9.10. The smallest absolute Gasteiger partial charge is 0.337 e. The molecule has 0 saturated heterocycles. The maximum atomic E-state index is 11.1. The van der Waals surface area contributed by atoms with Crippen molar-refractivity contribution in [3.63, 3.8) is 0 Å². The summed E-state index contributed by atoms with van der Waals surface area (Å²) >= 11 is 3.26. The number of anilines is 1. The number of carbonyl (C=O) groups is 1. The number of benzene rings is 1. The predicted octanol–water partition coefficient (Wildman–Crippen LogP) is 3.23. The zero-order chi connectivity index (χ0) is 13.5. The Hall–Kier alpha value is -1.07. The Balaban J connectivity index is 2.49. The molecule has 0 aliphatic carbocycles. The molecule has 0 aromatic heterocycles. The van der Waals surface area contributed by atoms with Crippen LogP contribution in [0.3, 0.4) is 0 Å². The van der Waals surface area contributed by atoms with Gasteiger partial charge in [0.2, 0.25) is 0 Å². The van der Waals surface area contributed by atoms with Crippen LogP contribution >= 0.6 is 15.9 Å². The molecule has 0 bridgehead atoms. The molecular weight excluding hydrogens is 298 g/mol. The van der Waals surface area contributed by atoms with Crippen LogP contribution in [0.4, 0.5) is 5.69 Å². The first-order valence-corrected chi connectivity index (χ1v) is 6.64. The van der Waals surface area contributed by atoms with E-state index in [0.29, 0.717) is 31.4 Å². The molecular formula is C13H18BrNO3. The van der Waals surface area contributed by atoms with Crippen molar-refractivity contribution >= 4 is 27.6 Å². The van der Waals surface area contributed by atoms with Crippen LogP contribution in [0.1, 0.15) is 24.2 Å². The van der Waals surface area contributed by atoms with Crippen LogP contribution in [0, 0.1) is 5.92 Å². The van der Waals surface area contributed by atoms with Crippen LogP contribution in [0.15, 0.2) is 22.7 Å². The van der Waals surface area contributed by atoms with E-state index < -0.39 is 5.97 Å². The van der Waals surface area contributed by atoms with Gasteiger partial charge in [-0.1, -0.05) is 29.8 Å². The minimum Gasteiger partial charge on any atom is -0.478 e. The molecule has 0 heterocycles. The van der Waals surface area contributed by atoms with Crippen molar-refractivity contribution in [2.45, 2.75) is 13.8 Å². The van der Waals surface area contributed by atoms with Gasteiger partial charge >= 0.3 is 5.97 Å². The first-order chi connectivity index (χ1) is 8.50. The third kappa shape index (κ3) is 5.06. The molecule has 4 nitrogen and oxygen atoms in total. The summed E-state index contributed by atoms with van der Waals surface area (Å²) < 4.78 is 6.17. The number of ether oxygens (including phenoxy) is 1. The van der Waals surface area contributed by atoms with Crippen molar-refractivity contribution in [1.29, 1.82) is 0 Å². The van der Waals surface area contributed by atoms with E-state index in [0.717, 1.165) is 4.47 Å². The lowest BCUT2D eigenvalue weighted by Crippen LogP contribution is -2.14. The zero-order valence-electron chi connectivity index (χ0n) is 10.6. The Morgan fingerprint density at radius 1 is 1.50 bits per heavy atom. The molecule has 0 aliphatic heterocycles. The molecule has 1 aromatic carbocycles. The molecule has 0 spiro atoms. The fraction of sp³-hybridized carbons (Fsp3) is 0.462. The molecule has 0 unspecified atom stereocenters. The van der Waals surface area contributed by atoms with E-state index in [9.17, 15) is 4.79 Å². The van der Waals surface area contributed by atoms with Crippen molar-refractivity contribution < 1.29 is 14.6 Å². The number of aromatic carboxylic acids is 1. The van der Waals surface area contributed by atoms with Crippen molar-refractivity contribution in [1.82, 2.24) is 0 Å². The Morgan fingerprint density at radius 2 is 2.22 bits per heavy atom. The van der Waals surface area contributed by atoms with Crippen LogP contribution in [-0.4, -0.2) is 30.8 Å². The van der Waals surface area contributed by atoms with Gasteiger partial charge in [0.05, 0.1) is 12.2 Å². The second-order valence-electron chi connectivity index (χ2n) is 4.39. The molecule has 0 amide bonds. The fourth-order valence-corrected chi connectivity index (χ4v) is 1.79. The van der Waals surface area contributed by atoms with E-state index in [1.807, 2.05) is 6.07 Å². The second-order valence-corrected chi connectivity index (χ2v) is 5.31. The summed E-state index contributed by atoms with van der Waals surface area (Å²) in [4.78, 5) is 11.1. The minimum atomic E-state index is -0.943. The Labute approximate surface area is 115 Å². The monoisotopic (exact) mass is 315 g/mol. The van der Waals surface area contributed by atoms with Gasteiger partial charge in [0, 0.05) is 23.3 Å². The predicted molar refractivity (Wildman–Crippen MR) is 75.2 cm³/mol. The SMILES string of the molecule is CC(C)COCCNc1ccc(Br)cc1C(=O)O. The van der Waals surface area contributed by atoms with Gasteiger partial charge in [-0.2, -0.15) is 0 Å². The van der Waals surface area contributed by atoms with Crippen LogP contribution in [0.2, 0.25) is 0 Å². The highest BCUT2D eigenvalue weighted by atomic mass is 79.9. The van der Waals surface area contributed by atoms with E-state index in [-0.39, 0.29) is 5.56 Å². The lowest BCUT2D eigenvalue weighted by molar-refractivity contribution is 0.0697. The van der Waals surface area contributed by atoms with E-state index in [4.69, 9.17) is 9.84 Å². The summed E-state index contributed by atoms with van der Waals surface area (Å²) in [6, 6.07) is 5.14. The number of carboxylic acids is 1. The maximum Gasteiger partial charge on any atom is 0.337 e. The van der Waals surface area contributed by atoms with Gasteiger partial charge < -0.3 is 15.2 Å². The average Bonchev–Trinajstić information content (AvgIpc) is 2.29. The van der Waals surface area contributed by atoms with Crippen molar-refractivity contribution in [3.8, 4) is 0 Å². The maximum absolute atomic E-state index is 11.1. The van der Waals surface area contributed by atoms with Crippen molar-refractivity contribution in [2.24, 2.45) is 5.92 Å². The van der Waals surface area contributed by atoms with Crippen molar-refractivity contribution in [3.05, 3.63) is 28.2 Å². The molecule has 0 atom stereocenters. The third-order valence-corrected chi connectivity index (χ3v) is 2.72. The summed E-state index contributed by atoms with van der Waals surface area (Å²) in [5, 5.41) is 12.1. The summed E-state index contributed by atoms with van der Waals surface area (Å²) in [7, 11) is 0. The minimum absolute atomic E-state index is 0.258. The van der Waals surface area contributed by atoms with Crippen LogP contribution in [-0.2, 0) is 4.74 Å². The topological polar surface area (TPSA) is 58.6 Å². The van der Waals surface area contributed by atoms with Gasteiger partial charge in [-0.15, -0.1) is 0 Å². The summed E-state index contributed by atoms with van der Waals surface area (Å²) in [6.07, 6.45) is 0. The van der Waals surface area contributed by atoms with E-state index in [1.165, 1.54) is 0 Å². The Morgan fingerprint density at radius 3 is 2.83 bits per heavy atom. The largest absolute Gasteiger partial charge is 0.478 e. The lowest BCUT2D eigenvalue weighted by atomic mass is 10.2. The van der Waals surface area contributed by atoms with Gasteiger partial charge in [0.25, 0.3) is 0 Å². The van der Waals surface area contributed by atoms with Gasteiger partial charge in [-0.3, -0.25) is 0 Å². The number of rotatable bonds is 7. The molecule has 100 valence electrons. The second kappa shape index (κ2) is 7.38. The summed E-state index contributed by atoms with van der Waals surface area (Å²) in [6.45, 7) is 6.05. The molecule has 0 saturated carbocycles. The molecule has 1 rings (SSSR count). The van der Waals surface area contributed by atoms with Crippen LogP contribution in [0.5, 0.6) is 0 Å². The number of hydrogen-bond donors (Lipinski definition) is 2. The zero-order valence-corrected chi connectivity index (χ0v) is 12.2. The lowest BCUT2D eigenvalue weighted by Gasteiger charge is -2.11. The van der Waals surface area contributed by atoms with Crippen molar-refractivity contribution in [2.75, 3.05) is 25.1 Å². The number of nitrogens with one attached hydrogen (secondary N) is 1. The summed E-state index contributed by atoms with van der Waals surface area (Å²) in [5.41, 5.74) is 0.868. The van der Waals surface area contributed by atoms with E-state index >= 15 is 0 Å². The van der Waals surface area contributed by atoms with E-state index in [2.05, 4.69) is 35.1 Å². The molecule has 0 aliphatic rings. The molecule has 5 heteroatoms. The molecule has 2 N–H and O–H groups in total. The summed E-state index contributed by atoms with van der Waals surface area (Å²) in [5.74, 6) is -0.436. The number of halogens is 1. The standard InChI is InChI=1S/C13H18BrNO3/c1-9(2)8-18-6-5-15-12-4-3-10(14)7-11(12)13(16)17/h3-4,7,9,15H,5-6,8H2,1-2H3,(H,16,17). The van der Waals surface area contributed by atoms with Gasteiger partial charge in [-0.25, -0.2) is 4.79 Å². The highest BCUT2D eigenvalue weighted by Gasteiger charge is 2.09. The number of carboxylic acid groups (broad SMARTS) is 1. The normalized spacial score (nSPS) is 10.7. The quantitative estimate of drug-likeness (QED) is 0.758. The number of hydrogen-bond acceptors (Lipinski definition) is 3.